The van der Waals surface area contributed by atoms with E-state index in [1.54, 1.807) is 6.20 Å². The number of carbonyl (C=O) groups excluding carboxylic acids is 1. The fourth-order valence-electron chi connectivity index (χ4n) is 1.73. The maximum atomic E-state index is 11.7. The molecule has 3 N–H and O–H groups in total. The number of aromatic nitrogens is 1. The lowest BCUT2D eigenvalue weighted by molar-refractivity contribution is -0.117. The largest absolute Gasteiger partial charge is 0.392 e. The highest BCUT2D eigenvalue weighted by Gasteiger charge is 2.28. The first-order valence-corrected chi connectivity index (χ1v) is 5.30. The van der Waals surface area contributed by atoms with Crippen molar-refractivity contribution in [2.75, 3.05) is 11.9 Å². The van der Waals surface area contributed by atoms with E-state index in [0.29, 0.717) is 18.8 Å². The van der Waals surface area contributed by atoms with Gasteiger partial charge in [-0.15, -0.1) is 0 Å². The first-order chi connectivity index (χ1) is 7.65. The molecule has 2 heterocycles. The molecule has 0 radical (unpaired) electrons. The van der Waals surface area contributed by atoms with Gasteiger partial charge in [0.15, 0.2) is 0 Å². The Morgan fingerprint density at radius 2 is 2.50 bits per heavy atom. The molecular formula is C11H15N3O2. The minimum absolute atomic E-state index is 0.144. The summed E-state index contributed by atoms with van der Waals surface area (Å²) in [6.07, 6.45) is 1.68. The predicted molar refractivity (Wildman–Crippen MR) is 60.0 cm³/mol. The number of carbonyl (C=O) groups is 1. The quantitative estimate of drug-likeness (QED) is 0.659. The van der Waals surface area contributed by atoms with Crippen LogP contribution in [0.2, 0.25) is 0 Å². The molecule has 0 saturated carbocycles. The molecule has 16 heavy (non-hydrogen) atoms. The molecule has 1 saturated heterocycles. The van der Waals surface area contributed by atoms with Gasteiger partial charge in [-0.2, -0.15) is 0 Å². The van der Waals surface area contributed by atoms with Crippen LogP contribution in [-0.4, -0.2) is 34.7 Å². The normalized spacial score (nSPS) is 24.4. The molecule has 1 aliphatic rings. The number of aliphatic hydroxyl groups excluding tert-OH is 1. The molecule has 0 bridgehead atoms. The summed E-state index contributed by atoms with van der Waals surface area (Å²) in [6, 6.07) is 3.36. The minimum atomic E-state index is -0.429. The number of aryl methyl sites for hydroxylation is 1. The van der Waals surface area contributed by atoms with Gasteiger partial charge in [0.2, 0.25) is 5.91 Å². The average molecular weight is 221 g/mol. The number of hydrogen-bond donors (Lipinski definition) is 3. The van der Waals surface area contributed by atoms with E-state index in [4.69, 9.17) is 0 Å². The molecule has 1 amide bonds. The summed E-state index contributed by atoms with van der Waals surface area (Å²) in [7, 11) is 0. The number of amides is 1. The number of rotatable bonds is 2. The monoisotopic (exact) mass is 221 g/mol. The fraction of sp³-hybridized carbons (Fsp3) is 0.455. The minimum Gasteiger partial charge on any atom is -0.392 e. The van der Waals surface area contributed by atoms with Crippen molar-refractivity contribution in [1.29, 1.82) is 0 Å². The van der Waals surface area contributed by atoms with E-state index in [9.17, 15) is 9.90 Å². The lowest BCUT2D eigenvalue weighted by Crippen LogP contribution is -2.35. The molecule has 1 aliphatic heterocycles. The van der Waals surface area contributed by atoms with Crippen LogP contribution in [-0.2, 0) is 4.79 Å². The summed E-state index contributed by atoms with van der Waals surface area (Å²) >= 11 is 0. The van der Waals surface area contributed by atoms with Crippen LogP contribution in [0.3, 0.4) is 0 Å². The summed E-state index contributed by atoms with van der Waals surface area (Å²) in [4.78, 5) is 15.8. The summed E-state index contributed by atoms with van der Waals surface area (Å²) in [5.74, 6) is 0.405. The Morgan fingerprint density at radius 3 is 3.12 bits per heavy atom. The molecule has 1 fully saturated rings. The average Bonchev–Trinajstić information content (AvgIpc) is 2.65. The highest BCUT2D eigenvalue weighted by atomic mass is 16.3. The molecular weight excluding hydrogens is 206 g/mol. The Labute approximate surface area is 93.9 Å². The van der Waals surface area contributed by atoms with Crippen LogP contribution in [0.15, 0.2) is 18.3 Å². The van der Waals surface area contributed by atoms with Gasteiger partial charge < -0.3 is 15.7 Å². The van der Waals surface area contributed by atoms with Crippen LogP contribution in [0.25, 0.3) is 0 Å². The first-order valence-electron chi connectivity index (χ1n) is 5.30. The Kier molecular flexibility index (Phi) is 3.17. The van der Waals surface area contributed by atoms with E-state index in [1.807, 2.05) is 19.1 Å². The molecule has 0 aliphatic carbocycles. The molecule has 2 atom stereocenters. The van der Waals surface area contributed by atoms with Gasteiger partial charge in [0.25, 0.3) is 0 Å². The van der Waals surface area contributed by atoms with Crippen molar-refractivity contribution in [2.24, 2.45) is 0 Å². The van der Waals surface area contributed by atoms with Gasteiger partial charge in [-0.3, -0.25) is 4.79 Å². The van der Waals surface area contributed by atoms with Crippen LogP contribution in [0, 0.1) is 6.92 Å². The molecule has 0 spiro atoms. The van der Waals surface area contributed by atoms with Crippen LogP contribution in [0.5, 0.6) is 0 Å². The SMILES string of the molecule is Cc1ccnc(NC(=O)C2CC(O)CN2)c1. The Balaban J connectivity index is 1.97. The number of nitrogens with one attached hydrogen (secondary N) is 2. The molecule has 2 unspecified atom stereocenters. The van der Waals surface area contributed by atoms with E-state index in [1.165, 1.54) is 0 Å². The van der Waals surface area contributed by atoms with E-state index in [-0.39, 0.29) is 11.9 Å². The van der Waals surface area contributed by atoms with Crippen molar-refractivity contribution in [1.82, 2.24) is 10.3 Å². The van der Waals surface area contributed by atoms with Crippen LogP contribution >= 0.6 is 0 Å². The molecule has 5 nitrogen and oxygen atoms in total. The van der Waals surface area contributed by atoms with Crippen molar-refractivity contribution >= 4 is 11.7 Å². The zero-order chi connectivity index (χ0) is 11.5. The number of aliphatic hydroxyl groups is 1. The molecule has 1 aromatic heterocycles. The van der Waals surface area contributed by atoms with Crippen molar-refractivity contribution in [3.05, 3.63) is 23.9 Å². The van der Waals surface area contributed by atoms with Gasteiger partial charge in [-0.05, 0) is 31.0 Å². The molecule has 5 heteroatoms. The third-order valence-electron chi connectivity index (χ3n) is 2.59. The van der Waals surface area contributed by atoms with E-state index in [2.05, 4.69) is 15.6 Å². The van der Waals surface area contributed by atoms with Gasteiger partial charge in [0.05, 0.1) is 12.1 Å². The summed E-state index contributed by atoms with van der Waals surface area (Å²) < 4.78 is 0. The second kappa shape index (κ2) is 4.59. The van der Waals surface area contributed by atoms with Crippen molar-refractivity contribution < 1.29 is 9.90 Å². The fourth-order valence-corrected chi connectivity index (χ4v) is 1.73. The van der Waals surface area contributed by atoms with E-state index >= 15 is 0 Å². The second-order valence-electron chi connectivity index (χ2n) is 4.06. The lowest BCUT2D eigenvalue weighted by atomic mass is 10.2. The highest BCUT2D eigenvalue weighted by molar-refractivity contribution is 5.94. The van der Waals surface area contributed by atoms with Gasteiger partial charge in [-0.1, -0.05) is 0 Å². The Morgan fingerprint density at radius 1 is 1.69 bits per heavy atom. The third kappa shape index (κ3) is 2.56. The Hall–Kier alpha value is -1.46. The van der Waals surface area contributed by atoms with Crippen molar-refractivity contribution in [3.8, 4) is 0 Å². The Bertz CT molecular complexity index is 395. The summed E-state index contributed by atoms with van der Waals surface area (Å²) in [5.41, 5.74) is 1.05. The maximum Gasteiger partial charge on any atom is 0.242 e. The zero-order valence-corrected chi connectivity index (χ0v) is 9.10. The molecule has 1 aromatic rings. The zero-order valence-electron chi connectivity index (χ0n) is 9.10. The predicted octanol–water partition coefficient (Wildman–Crippen LogP) is 0.0513. The smallest absolute Gasteiger partial charge is 0.242 e. The van der Waals surface area contributed by atoms with E-state index < -0.39 is 6.10 Å². The van der Waals surface area contributed by atoms with Gasteiger partial charge in [0.1, 0.15) is 5.82 Å². The molecule has 86 valence electrons. The van der Waals surface area contributed by atoms with Gasteiger partial charge in [-0.25, -0.2) is 4.98 Å². The lowest BCUT2D eigenvalue weighted by Gasteiger charge is -2.10. The third-order valence-corrected chi connectivity index (χ3v) is 2.59. The van der Waals surface area contributed by atoms with Crippen LogP contribution in [0.4, 0.5) is 5.82 Å². The van der Waals surface area contributed by atoms with Crippen LogP contribution < -0.4 is 10.6 Å². The topological polar surface area (TPSA) is 74.2 Å². The van der Waals surface area contributed by atoms with Gasteiger partial charge in [0, 0.05) is 12.7 Å². The number of anilines is 1. The van der Waals surface area contributed by atoms with Gasteiger partial charge >= 0.3 is 0 Å². The van der Waals surface area contributed by atoms with Crippen LogP contribution in [0.1, 0.15) is 12.0 Å². The van der Waals surface area contributed by atoms with Crippen molar-refractivity contribution in [2.45, 2.75) is 25.5 Å². The second-order valence-corrected chi connectivity index (χ2v) is 4.06. The highest BCUT2D eigenvalue weighted by Crippen LogP contribution is 2.10. The number of β-amino-alcohol motifs (C(OH)–C–C–N with tert-alkyl or cyclic N) is 1. The maximum absolute atomic E-state index is 11.7. The number of nitrogens with zero attached hydrogens (tertiary/aromatic N) is 1. The van der Waals surface area contributed by atoms with Crippen molar-refractivity contribution in [3.63, 3.8) is 0 Å². The summed E-state index contributed by atoms with van der Waals surface area (Å²) in [6.45, 7) is 2.41. The molecule has 0 aromatic carbocycles. The summed E-state index contributed by atoms with van der Waals surface area (Å²) in [5, 5.41) is 15.0. The molecule has 2 rings (SSSR count). The first kappa shape index (κ1) is 11.0. The number of hydrogen-bond acceptors (Lipinski definition) is 4. The van der Waals surface area contributed by atoms with E-state index in [0.717, 1.165) is 5.56 Å². The standard InChI is InChI=1S/C11H15N3O2/c1-7-2-3-12-10(4-7)14-11(16)9-5-8(15)6-13-9/h2-4,8-9,13,15H,5-6H2,1H3,(H,12,14,16). The number of pyridine rings is 1.